The highest BCUT2D eigenvalue weighted by Crippen LogP contribution is 2.39. The van der Waals surface area contributed by atoms with Gasteiger partial charge in [0.1, 0.15) is 17.3 Å². The molecular weight excluding hydrogens is 552 g/mol. The maximum Gasteiger partial charge on any atom is 0.342 e. The summed E-state index contributed by atoms with van der Waals surface area (Å²) in [4.78, 5) is 21.5. The lowest BCUT2D eigenvalue weighted by molar-refractivity contribution is -0.0274. The van der Waals surface area contributed by atoms with Crippen LogP contribution >= 0.6 is 11.9 Å². The zero-order valence-corrected chi connectivity index (χ0v) is 23.1. The molecule has 2 unspecified atom stereocenters. The van der Waals surface area contributed by atoms with E-state index in [2.05, 4.69) is 20.1 Å². The van der Waals surface area contributed by atoms with Gasteiger partial charge in [0.25, 0.3) is 5.91 Å². The summed E-state index contributed by atoms with van der Waals surface area (Å²) in [5.74, 6) is 5.77. The van der Waals surface area contributed by atoms with Gasteiger partial charge in [0.2, 0.25) is 0 Å². The van der Waals surface area contributed by atoms with Crippen molar-refractivity contribution in [3.63, 3.8) is 0 Å². The highest BCUT2D eigenvalue weighted by molar-refractivity contribution is 7.99. The standard InChI is InChI=1S/C27H31F2N9O2S/c1-41-35-19-7-8-22-20(16-19)33-25(40-22)18-9-10-32-21(15-18)26(39)37-13-11-36(12-14-37)23(17-5-3-2-4-6-17)24(30)34-38(31)27(28)29/h2-10,15-16,23,25,27,33,35H,11-14,31H2,1H3,(H2,30,34). The number of anilines is 2. The van der Waals surface area contributed by atoms with E-state index in [-0.39, 0.29) is 16.9 Å². The van der Waals surface area contributed by atoms with Crippen molar-refractivity contribution < 1.29 is 18.3 Å². The number of amides is 1. The lowest BCUT2D eigenvalue weighted by atomic mass is 10.0. The number of rotatable bonds is 9. The van der Waals surface area contributed by atoms with Crippen molar-refractivity contribution in [3.8, 4) is 5.75 Å². The van der Waals surface area contributed by atoms with Gasteiger partial charge < -0.3 is 25.4 Å². The van der Waals surface area contributed by atoms with Gasteiger partial charge in [-0.05, 0) is 35.9 Å². The third-order valence-corrected chi connectivity index (χ3v) is 7.27. The van der Waals surface area contributed by atoms with E-state index in [1.54, 1.807) is 17.2 Å². The molecule has 3 aromatic rings. The average molecular weight is 584 g/mol. The van der Waals surface area contributed by atoms with Gasteiger partial charge in [-0.2, -0.15) is 13.9 Å². The first-order valence-corrected chi connectivity index (χ1v) is 14.1. The van der Waals surface area contributed by atoms with E-state index in [1.807, 2.05) is 65.8 Å². The molecule has 0 bridgehead atoms. The van der Waals surface area contributed by atoms with Crippen molar-refractivity contribution in [1.82, 2.24) is 19.9 Å². The van der Waals surface area contributed by atoms with Crippen LogP contribution in [0.5, 0.6) is 5.75 Å². The number of fused-ring (bicyclic) bond motifs is 1. The number of hydrazine groups is 1. The summed E-state index contributed by atoms with van der Waals surface area (Å²) < 4.78 is 35.3. The van der Waals surface area contributed by atoms with Crippen LogP contribution in [0.1, 0.15) is 33.9 Å². The van der Waals surface area contributed by atoms with E-state index in [9.17, 15) is 13.6 Å². The van der Waals surface area contributed by atoms with Gasteiger partial charge >= 0.3 is 6.55 Å². The zero-order chi connectivity index (χ0) is 28.9. The van der Waals surface area contributed by atoms with Crippen LogP contribution < -0.4 is 26.4 Å². The predicted octanol–water partition coefficient (Wildman–Crippen LogP) is 3.44. The molecular formula is C27H31F2N9O2S. The Labute approximate surface area is 240 Å². The van der Waals surface area contributed by atoms with Crippen LogP contribution in [0.25, 0.3) is 0 Å². The first-order valence-electron chi connectivity index (χ1n) is 12.9. The number of nitrogens with one attached hydrogen (secondary N) is 2. The molecule has 41 heavy (non-hydrogen) atoms. The van der Waals surface area contributed by atoms with Crippen molar-refractivity contribution in [3.05, 3.63) is 83.7 Å². The fourth-order valence-corrected chi connectivity index (χ4v) is 5.25. The van der Waals surface area contributed by atoms with E-state index in [4.69, 9.17) is 16.3 Å². The third-order valence-electron chi connectivity index (χ3n) is 6.83. The van der Waals surface area contributed by atoms with E-state index < -0.39 is 18.8 Å². The first-order chi connectivity index (χ1) is 19.8. The third kappa shape index (κ3) is 6.45. The molecule has 1 saturated heterocycles. The first kappa shape index (κ1) is 28.4. The summed E-state index contributed by atoms with van der Waals surface area (Å²) in [5.41, 5.74) is 9.85. The number of hydrazone groups is 1. The summed E-state index contributed by atoms with van der Waals surface area (Å²) in [6, 6.07) is 18.0. The van der Waals surface area contributed by atoms with E-state index in [0.29, 0.717) is 31.9 Å². The fraction of sp³-hybridized carbons (Fsp3) is 0.296. The molecule has 1 fully saturated rings. The Bertz CT molecular complexity index is 1390. The molecule has 1 aromatic heterocycles. The van der Waals surface area contributed by atoms with Gasteiger partial charge in [0, 0.05) is 49.9 Å². The Balaban J connectivity index is 1.26. The number of alkyl halides is 2. The van der Waals surface area contributed by atoms with Crippen molar-refractivity contribution in [2.45, 2.75) is 18.8 Å². The fourth-order valence-electron chi connectivity index (χ4n) is 4.88. The molecule has 2 aliphatic rings. The largest absolute Gasteiger partial charge is 0.464 e. The van der Waals surface area contributed by atoms with Crippen LogP contribution in [0.2, 0.25) is 0 Å². The Morgan fingerprint density at radius 1 is 1.17 bits per heavy atom. The van der Waals surface area contributed by atoms with Crippen molar-refractivity contribution in [2.24, 2.45) is 16.7 Å². The summed E-state index contributed by atoms with van der Waals surface area (Å²) >= 11 is 1.50. The minimum Gasteiger partial charge on any atom is -0.464 e. The van der Waals surface area contributed by atoms with E-state index in [0.717, 1.165) is 28.3 Å². The number of piperazine rings is 1. The quantitative estimate of drug-likeness (QED) is 0.0740. The average Bonchev–Trinajstić information content (AvgIpc) is 3.42. The minimum absolute atomic E-state index is 0.0468. The molecule has 5 rings (SSSR count). The maximum atomic E-state index is 13.4. The summed E-state index contributed by atoms with van der Waals surface area (Å²) in [6.45, 7) is -1.34. The van der Waals surface area contributed by atoms with E-state index >= 15 is 0 Å². The van der Waals surface area contributed by atoms with Gasteiger partial charge in [-0.3, -0.25) is 14.7 Å². The number of amidine groups is 1. The number of ether oxygens (including phenoxy) is 1. The summed E-state index contributed by atoms with van der Waals surface area (Å²) in [7, 11) is 0. The normalized spacial score (nSPS) is 17.9. The number of hydrogen-bond acceptors (Lipinski definition) is 10. The van der Waals surface area contributed by atoms with Crippen LogP contribution in [-0.2, 0) is 0 Å². The molecule has 0 saturated carbocycles. The van der Waals surface area contributed by atoms with Crippen LogP contribution in [0, 0.1) is 0 Å². The highest BCUT2D eigenvalue weighted by atomic mass is 32.2. The van der Waals surface area contributed by atoms with Gasteiger partial charge in [0.05, 0.1) is 11.7 Å². The second-order valence-electron chi connectivity index (χ2n) is 9.46. The Hall–Kier alpha value is -4.14. The molecule has 216 valence electrons. The number of nitrogens with two attached hydrogens (primary N) is 2. The monoisotopic (exact) mass is 583 g/mol. The summed E-state index contributed by atoms with van der Waals surface area (Å²) in [6.07, 6.45) is 3.09. The van der Waals surface area contributed by atoms with Crippen LogP contribution in [-0.4, -0.2) is 70.6 Å². The molecule has 3 heterocycles. The van der Waals surface area contributed by atoms with Crippen LogP contribution in [0.15, 0.2) is 72.0 Å². The topological polar surface area (TPSA) is 137 Å². The van der Waals surface area contributed by atoms with Gasteiger partial charge in [-0.25, -0.2) is 5.84 Å². The number of carbonyl (C=O) groups is 1. The second-order valence-corrected chi connectivity index (χ2v) is 10.1. The SMILES string of the molecule is CSNc1ccc2c(c1)NC(c1ccnc(C(=O)N3CCN(C(/C(N)=N/N(N)C(F)F)c4ccccc4)CC3)c1)O2. The minimum atomic E-state index is -2.99. The Morgan fingerprint density at radius 3 is 2.63 bits per heavy atom. The number of benzene rings is 2. The van der Waals surface area contributed by atoms with Crippen molar-refractivity contribution in [2.75, 3.05) is 42.5 Å². The molecule has 6 N–H and O–H groups in total. The lowest BCUT2D eigenvalue weighted by Crippen LogP contribution is -2.52. The van der Waals surface area contributed by atoms with Crippen molar-refractivity contribution >= 4 is 35.1 Å². The molecule has 14 heteroatoms. The predicted molar refractivity (Wildman–Crippen MR) is 155 cm³/mol. The smallest absolute Gasteiger partial charge is 0.342 e. The number of carbonyl (C=O) groups excluding carboxylic acids is 1. The highest BCUT2D eigenvalue weighted by Gasteiger charge is 2.31. The lowest BCUT2D eigenvalue weighted by Gasteiger charge is -2.39. The van der Waals surface area contributed by atoms with Crippen LogP contribution in [0.4, 0.5) is 20.2 Å². The molecule has 2 aliphatic heterocycles. The van der Waals surface area contributed by atoms with Gasteiger partial charge in [0.15, 0.2) is 6.23 Å². The molecule has 0 aliphatic carbocycles. The Kier molecular flexibility index (Phi) is 8.71. The molecule has 11 nitrogen and oxygen atoms in total. The van der Waals surface area contributed by atoms with Gasteiger partial charge in [-0.1, -0.05) is 42.3 Å². The Morgan fingerprint density at radius 2 is 1.93 bits per heavy atom. The zero-order valence-electron chi connectivity index (χ0n) is 22.3. The number of nitrogens with zero attached hydrogens (tertiary/aromatic N) is 5. The number of hydrogen-bond donors (Lipinski definition) is 4. The molecule has 2 atom stereocenters. The number of halogens is 2. The maximum absolute atomic E-state index is 13.4. The molecule has 1 amide bonds. The van der Waals surface area contributed by atoms with Crippen molar-refractivity contribution in [1.29, 1.82) is 0 Å². The molecule has 2 aromatic carbocycles. The van der Waals surface area contributed by atoms with E-state index in [1.165, 1.54) is 11.9 Å². The van der Waals surface area contributed by atoms with Gasteiger partial charge in [-0.15, -0.1) is 5.10 Å². The number of pyridine rings is 1. The second kappa shape index (κ2) is 12.6. The summed E-state index contributed by atoms with van der Waals surface area (Å²) in [5, 5.41) is 7.10. The molecule has 0 radical (unpaired) electrons. The van der Waals surface area contributed by atoms with Crippen LogP contribution in [0.3, 0.4) is 0 Å². The molecule has 0 spiro atoms. The number of aromatic nitrogens is 1.